The van der Waals surface area contributed by atoms with Gasteiger partial charge in [-0.2, -0.15) is 0 Å². The lowest BCUT2D eigenvalue weighted by Crippen LogP contribution is -2.55. The minimum absolute atomic E-state index is 0.0250. The van der Waals surface area contributed by atoms with Crippen molar-refractivity contribution in [3.63, 3.8) is 0 Å². The first kappa shape index (κ1) is 17.4. The minimum Gasteiger partial charge on any atom is -0.379 e. The van der Waals surface area contributed by atoms with Gasteiger partial charge < -0.3 is 19.6 Å². The van der Waals surface area contributed by atoms with E-state index in [2.05, 4.69) is 15.6 Å². The molecule has 1 saturated heterocycles. The highest BCUT2D eigenvalue weighted by Gasteiger charge is 2.44. The third-order valence-corrected chi connectivity index (χ3v) is 4.65. The van der Waals surface area contributed by atoms with Crippen LogP contribution in [0.2, 0.25) is 0 Å². The maximum absolute atomic E-state index is 12.8. The molecule has 0 aliphatic carbocycles. The molecular formula is C17H24N4O4. The van der Waals surface area contributed by atoms with E-state index in [4.69, 9.17) is 9.36 Å². The molecule has 1 aromatic rings. The number of piperidine rings is 1. The fourth-order valence-electron chi connectivity index (χ4n) is 3.37. The van der Waals surface area contributed by atoms with Gasteiger partial charge in [-0.3, -0.25) is 9.59 Å². The van der Waals surface area contributed by atoms with Crippen LogP contribution in [0.25, 0.3) is 0 Å². The normalized spacial score (nSPS) is 26.1. The number of hydrogen-bond donors (Lipinski definition) is 1. The predicted octanol–water partition coefficient (Wildman–Crippen LogP) is 1.27. The molecule has 0 spiro atoms. The summed E-state index contributed by atoms with van der Waals surface area (Å²) >= 11 is 0. The van der Waals surface area contributed by atoms with E-state index in [1.54, 1.807) is 24.3 Å². The number of rotatable bonds is 5. The van der Waals surface area contributed by atoms with Crippen LogP contribution in [0, 0.1) is 0 Å². The van der Waals surface area contributed by atoms with Crippen LogP contribution in [-0.2, 0) is 20.8 Å². The first-order chi connectivity index (χ1) is 12.0. The molecule has 0 radical (unpaired) electrons. The molecule has 1 fully saturated rings. The van der Waals surface area contributed by atoms with Crippen molar-refractivity contribution in [2.24, 2.45) is 5.16 Å². The number of aryl methyl sites for hydroxylation is 1. The zero-order valence-corrected chi connectivity index (χ0v) is 14.7. The number of amides is 2. The number of hydrogen-bond acceptors (Lipinski definition) is 6. The van der Waals surface area contributed by atoms with Crippen LogP contribution in [0.5, 0.6) is 0 Å². The van der Waals surface area contributed by atoms with Crippen molar-refractivity contribution < 1.29 is 18.9 Å². The number of carbonyl (C=O) groups excluding carboxylic acids is 2. The molecule has 2 atom stereocenters. The van der Waals surface area contributed by atoms with E-state index in [0.29, 0.717) is 32.4 Å². The van der Waals surface area contributed by atoms with Crippen LogP contribution in [0.3, 0.4) is 0 Å². The van der Waals surface area contributed by atoms with Gasteiger partial charge in [-0.05, 0) is 33.1 Å². The first-order valence-electron chi connectivity index (χ1n) is 8.65. The van der Waals surface area contributed by atoms with Crippen molar-refractivity contribution in [3.8, 4) is 0 Å². The topological polar surface area (TPSA) is 97.0 Å². The van der Waals surface area contributed by atoms with Crippen LogP contribution in [0.4, 0.5) is 0 Å². The molecule has 8 heteroatoms. The summed E-state index contributed by atoms with van der Waals surface area (Å²) in [6.45, 7) is 4.82. The SMILES string of the molecule is CC1=NOC(C)(C(=O)N2CCCC(NC(=O)CCc3cnoc3)C2)C1. The lowest BCUT2D eigenvalue weighted by Gasteiger charge is -2.36. The highest BCUT2D eigenvalue weighted by molar-refractivity contribution is 5.94. The van der Waals surface area contributed by atoms with Gasteiger partial charge in [0.1, 0.15) is 6.26 Å². The van der Waals surface area contributed by atoms with Crippen molar-refractivity contribution in [2.45, 2.75) is 57.6 Å². The minimum atomic E-state index is -0.912. The lowest BCUT2D eigenvalue weighted by molar-refractivity contribution is -0.154. The Morgan fingerprint density at radius 1 is 1.48 bits per heavy atom. The van der Waals surface area contributed by atoms with Gasteiger partial charge in [-0.25, -0.2) is 0 Å². The highest BCUT2D eigenvalue weighted by atomic mass is 16.7. The van der Waals surface area contributed by atoms with Gasteiger partial charge in [-0.15, -0.1) is 0 Å². The maximum Gasteiger partial charge on any atom is 0.269 e. The summed E-state index contributed by atoms with van der Waals surface area (Å²) in [5.41, 5.74) is 0.813. The smallest absolute Gasteiger partial charge is 0.269 e. The zero-order chi connectivity index (χ0) is 17.9. The van der Waals surface area contributed by atoms with E-state index in [1.807, 2.05) is 6.92 Å². The van der Waals surface area contributed by atoms with E-state index in [0.717, 1.165) is 24.1 Å². The summed E-state index contributed by atoms with van der Waals surface area (Å²) in [5, 5.41) is 10.6. The second kappa shape index (κ2) is 7.25. The Morgan fingerprint density at radius 2 is 2.32 bits per heavy atom. The Balaban J connectivity index is 1.49. The molecule has 136 valence electrons. The third kappa shape index (κ3) is 4.18. The van der Waals surface area contributed by atoms with Crippen molar-refractivity contribution in [1.82, 2.24) is 15.4 Å². The predicted molar refractivity (Wildman–Crippen MR) is 89.8 cm³/mol. The average molecular weight is 348 g/mol. The summed E-state index contributed by atoms with van der Waals surface area (Å²) < 4.78 is 4.76. The quantitative estimate of drug-likeness (QED) is 0.864. The third-order valence-electron chi connectivity index (χ3n) is 4.65. The fraction of sp³-hybridized carbons (Fsp3) is 0.647. The molecule has 3 heterocycles. The van der Waals surface area contributed by atoms with Gasteiger partial charge in [0.05, 0.1) is 11.9 Å². The summed E-state index contributed by atoms with van der Waals surface area (Å²) in [4.78, 5) is 32.1. The molecule has 1 N–H and O–H groups in total. The van der Waals surface area contributed by atoms with Crippen LogP contribution < -0.4 is 5.32 Å². The van der Waals surface area contributed by atoms with Crippen molar-refractivity contribution in [2.75, 3.05) is 13.1 Å². The standard InChI is InChI=1S/C17H24N4O4/c1-12-8-17(2,25-20-12)16(23)21-7-3-4-14(10-21)19-15(22)6-5-13-9-18-24-11-13/h9,11,14H,3-8,10H2,1-2H3,(H,19,22). The molecule has 2 aliphatic heterocycles. The number of likely N-dealkylation sites (tertiary alicyclic amines) is 1. The molecule has 0 saturated carbocycles. The molecule has 2 amide bonds. The molecule has 25 heavy (non-hydrogen) atoms. The van der Waals surface area contributed by atoms with Gasteiger partial charge >= 0.3 is 0 Å². The molecule has 2 unspecified atom stereocenters. The Kier molecular flexibility index (Phi) is 5.06. The van der Waals surface area contributed by atoms with Gasteiger partial charge in [0, 0.05) is 37.5 Å². The summed E-state index contributed by atoms with van der Waals surface area (Å²) in [6.07, 6.45) is 6.36. The van der Waals surface area contributed by atoms with E-state index in [9.17, 15) is 9.59 Å². The van der Waals surface area contributed by atoms with Crippen molar-refractivity contribution in [1.29, 1.82) is 0 Å². The summed E-state index contributed by atoms with van der Waals surface area (Å²) in [5.74, 6) is -0.0838. The molecule has 0 bridgehead atoms. The average Bonchev–Trinajstić information content (AvgIpc) is 3.23. The van der Waals surface area contributed by atoms with E-state index in [1.165, 1.54) is 0 Å². The second-order valence-corrected chi connectivity index (χ2v) is 7.02. The molecular weight excluding hydrogens is 324 g/mol. The monoisotopic (exact) mass is 348 g/mol. The Morgan fingerprint density at radius 3 is 3.00 bits per heavy atom. The largest absolute Gasteiger partial charge is 0.379 e. The van der Waals surface area contributed by atoms with Crippen LogP contribution in [-0.4, -0.2) is 52.3 Å². The van der Waals surface area contributed by atoms with Crippen molar-refractivity contribution in [3.05, 3.63) is 18.0 Å². The molecule has 2 aliphatic rings. The fourth-order valence-corrected chi connectivity index (χ4v) is 3.37. The van der Waals surface area contributed by atoms with Gasteiger partial charge in [0.25, 0.3) is 5.91 Å². The molecule has 1 aromatic heterocycles. The van der Waals surface area contributed by atoms with Crippen molar-refractivity contribution >= 4 is 17.5 Å². The van der Waals surface area contributed by atoms with Gasteiger partial charge in [-0.1, -0.05) is 10.3 Å². The number of nitrogens with one attached hydrogen (secondary N) is 1. The summed E-state index contributed by atoms with van der Waals surface area (Å²) in [6, 6.07) is -0.0281. The van der Waals surface area contributed by atoms with Gasteiger partial charge in [0.15, 0.2) is 0 Å². The zero-order valence-electron chi connectivity index (χ0n) is 14.7. The van der Waals surface area contributed by atoms with Crippen LogP contribution in [0.1, 0.15) is 45.1 Å². The Bertz CT molecular complexity index is 658. The number of oxime groups is 1. The number of nitrogens with zero attached hydrogens (tertiary/aromatic N) is 3. The van der Waals surface area contributed by atoms with E-state index >= 15 is 0 Å². The number of aromatic nitrogens is 1. The van der Waals surface area contributed by atoms with E-state index < -0.39 is 5.60 Å². The molecule has 8 nitrogen and oxygen atoms in total. The van der Waals surface area contributed by atoms with Crippen LogP contribution >= 0.6 is 0 Å². The Labute approximate surface area is 146 Å². The van der Waals surface area contributed by atoms with Crippen LogP contribution in [0.15, 0.2) is 22.1 Å². The lowest BCUT2D eigenvalue weighted by atomic mass is 9.96. The highest BCUT2D eigenvalue weighted by Crippen LogP contribution is 2.27. The van der Waals surface area contributed by atoms with E-state index in [-0.39, 0.29) is 17.9 Å². The first-order valence-corrected chi connectivity index (χ1v) is 8.65. The molecule has 3 rings (SSSR count). The number of carbonyl (C=O) groups is 2. The molecule has 0 aromatic carbocycles. The second-order valence-electron chi connectivity index (χ2n) is 7.02. The maximum atomic E-state index is 12.8. The van der Waals surface area contributed by atoms with Gasteiger partial charge in [0.2, 0.25) is 11.5 Å². The summed E-state index contributed by atoms with van der Waals surface area (Å²) in [7, 11) is 0. The Hall–Kier alpha value is -2.38.